The molecular formula is C17H28FNO2. The highest BCUT2D eigenvalue weighted by Crippen LogP contribution is 2.21. The van der Waals surface area contributed by atoms with Crippen molar-refractivity contribution < 1.29 is 13.9 Å². The third kappa shape index (κ3) is 5.29. The van der Waals surface area contributed by atoms with Gasteiger partial charge in [-0.3, -0.25) is 0 Å². The summed E-state index contributed by atoms with van der Waals surface area (Å²) in [6.45, 7) is 9.93. The number of halogens is 1. The van der Waals surface area contributed by atoms with Gasteiger partial charge in [0, 0.05) is 12.6 Å². The second-order valence-corrected chi connectivity index (χ2v) is 5.50. The van der Waals surface area contributed by atoms with Crippen LogP contribution in [0.1, 0.15) is 33.3 Å². The van der Waals surface area contributed by atoms with Crippen LogP contribution in [0.25, 0.3) is 0 Å². The zero-order valence-electron chi connectivity index (χ0n) is 13.8. The maximum atomic E-state index is 13.8. The van der Waals surface area contributed by atoms with E-state index in [1.165, 1.54) is 7.11 Å². The normalized spacial score (nSPS) is 14.2. The summed E-state index contributed by atoms with van der Waals surface area (Å²) in [6, 6.07) is 5.31. The molecule has 2 unspecified atom stereocenters. The average molecular weight is 297 g/mol. The van der Waals surface area contributed by atoms with Crippen LogP contribution in [-0.2, 0) is 11.2 Å². The highest BCUT2D eigenvalue weighted by Gasteiger charge is 2.24. The van der Waals surface area contributed by atoms with E-state index in [0.717, 1.165) is 18.5 Å². The molecule has 2 atom stereocenters. The molecule has 0 amide bonds. The van der Waals surface area contributed by atoms with Crippen molar-refractivity contribution in [2.75, 3.05) is 20.3 Å². The molecule has 0 fully saturated rings. The summed E-state index contributed by atoms with van der Waals surface area (Å²) in [5.74, 6) is 0.365. The second-order valence-electron chi connectivity index (χ2n) is 5.50. The van der Waals surface area contributed by atoms with Gasteiger partial charge in [-0.2, -0.15) is 0 Å². The van der Waals surface area contributed by atoms with E-state index in [1.54, 1.807) is 12.1 Å². The van der Waals surface area contributed by atoms with E-state index in [2.05, 4.69) is 26.1 Å². The van der Waals surface area contributed by atoms with Crippen LogP contribution < -0.4 is 10.1 Å². The molecule has 4 heteroatoms. The quantitative estimate of drug-likeness (QED) is 0.757. The van der Waals surface area contributed by atoms with Crippen molar-refractivity contribution in [3.05, 3.63) is 29.6 Å². The molecule has 0 radical (unpaired) electrons. The van der Waals surface area contributed by atoms with Crippen molar-refractivity contribution in [1.82, 2.24) is 5.32 Å². The largest absolute Gasteiger partial charge is 0.494 e. The van der Waals surface area contributed by atoms with Gasteiger partial charge < -0.3 is 14.8 Å². The molecule has 120 valence electrons. The predicted molar refractivity (Wildman–Crippen MR) is 84.4 cm³/mol. The number of hydrogen-bond donors (Lipinski definition) is 1. The maximum Gasteiger partial charge on any atom is 0.165 e. The highest BCUT2D eigenvalue weighted by atomic mass is 19.1. The molecule has 1 rings (SSSR count). The third-order valence-corrected chi connectivity index (χ3v) is 3.55. The number of rotatable bonds is 9. The van der Waals surface area contributed by atoms with Crippen LogP contribution >= 0.6 is 0 Å². The number of benzene rings is 1. The summed E-state index contributed by atoms with van der Waals surface area (Å²) in [4.78, 5) is 0. The molecule has 0 heterocycles. The number of methoxy groups -OCH3 is 1. The van der Waals surface area contributed by atoms with Crippen LogP contribution in [0.15, 0.2) is 18.2 Å². The van der Waals surface area contributed by atoms with Crippen LogP contribution in [-0.4, -0.2) is 32.4 Å². The number of ether oxygens (including phenoxy) is 2. The Kier molecular flexibility index (Phi) is 7.68. The summed E-state index contributed by atoms with van der Waals surface area (Å²) < 4.78 is 24.7. The van der Waals surface area contributed by atoms with Gasteiger partial charge in [0.25, 0.3) is 0 Å². The lowest BCUT2D eigenvalue weighted by atomic mass is 9.93. The Balaban J connectivity index is 2.88. The van der Waals surface area contributed by atoms with Crippen LogP contribution in [0.2, 0.25) is 0 Å². The summed E-state index contributed by atoms with van der Waals surface area (Å²) in [6.07, 6.45) is 0.845. The lowest BCUT2D eigenvalue weighted by Crippen LogP contribution is -2.45. The zero-order valence-corrected chi connectivity index (χ0v) is 13.8. The van der Waals surface area contributed by atoms with Crippen molar-refractivity contribution in [2.24, 2.45) is 5.92 Å². The lowest BCUT2D eigenvalue weighted by molar-refractivity contribution is 0.00394. The summed E-state index contributed by atoms with van der Waals surface area (Å²) in [5.41, 5.74) is 0.949. The molecule has 0 saturated heterocycles. The lowest BCUT2D eigenvalue weighted by Gasteiger charge is -2.31. The first-order valence-electron chi connectivity index (χ1n) is 7.70. The minimum Gasteiger partial charge on any atom is -0.494 e. The van der Waals surface area contributed by atoms with Gasteiger partial charge in [-0.15, -0.1) is 0 Å². The minimum absolute atomic E-state index is 0.111. The van der Waals surface area contributed by atoms with Crippen LogP contribution in [0, 0.1) is 11.7 Å². The molecule has 0 saturated carbocycles. The van der Waals surface area contributed by atoms with E-state index in [1.807, 2.05) is 13.0 Å². The molecule has 0 aromatic heterocycles. The van der Waals surface area contributed by atoms with Gasteiger partial charge in [0.15, 0.2) is 11.6 Å². The number of hydrogen-bond acceptors (Lipinski definition) is 3. The summed E-state index contributed by atoms with van der Waals surface area (Å²) >= 11 is 0. The van der Waals surface area contributed by atoms with Crippen molar-refractivity contribution in [3.8, 4) is 5.75 Å². The second kappa shape index (κ2) is 9.00. The topological polar surface area (TPSA) is 30.5 Å². The van der Waals surface area contributed by atoms with Gasteiger partial charge in [-0.25, -0.2) is 4.39 Å². The Labute approximate surface area is 127 Å². The van der Waals surface area contributed by atoms with E-state index in [9.17, 15) is 4.39 Å². The molecule has 0 spiro atoms. The van der Waals surface area contributed by atoms with Gasteiger partial charge in [0.1, 0.15) is 0 Å². The zero-order chi connectivity index (χ0) is 15.8. The molecule has 0 bridgehead atoms. The maximum absolute atomic E-state index is 13.8. The molecule has 1 aromatic carbocycles. The molecule has 0 aliphatic carbocycles. The first kappa shape index (κ1) is 17.9. The van der Waals surface area contributed by atoms with Crippen molar-refractivity contribution >= 4 is 0 Å². The summed E-state index contributed by atoms with van der Waals surface area (Å²) in [5, 5.41) is 3.47. The SMILES string of the molecule is CCNC(Cc1ccc(OC)c(F)c1)C(OCC)C(C)C. The van der Waals surface area contributed by atoms with Crippen molar-refractivity contribution in [2.45, 2.75) is 46.3 Å². The third-order valence-electron chi connectivity index (χ3n) is 3.55. The van der Waals surface area contributed by atoms with Gasteiger partial charge in [-0.05, 0) is 43.5 Å². The van der Waals surface area contributed by atoms with Crippen LogP contribution in [0.3, 0.4) is 0 Å². The fourth-order valence-corrected chi connectivity index (χ4v) is 2.62. The Morgan fingerprint density at radius 2 is 1.95 bits per heavy atom. The first-order valence-corrected chi connectivity index (χ1v) is 7.70. The molecular weight excluding hydrogens is 269 g/mol. The first-order chi connectivity index (χ1) is 10.0. The van der Waals surface area contributed by atoms with Crippen LogP contribution in [0.5, 0.6) is 5.75 Å². The average Bonchev–Trinajstić information content (AvgIpc) is 2.44. The molecule has 3 nitrogen and oxygen atoms in total. The number of likely N-dealkylation sites (N-methyl/N-ethyl adjacent to an activating group) is 1. The van der Waals surface area contributed by atoms with Crippen LogP contribution in [0.4, 0.5) is 4.39 Å². The fraction of sp³-hybridized carbons (Fsp3) is 0.647. The summed E-state index contributed by atoms with van der Waals surface area (Å²) in [7, 11) is 1.48. The van der Waals surface area contributed by atoms with E-state index < -0.39 is 0 Å². The fourth-order valence-electron chi connectivity index (χ4n) is 2.62. The molecule has 0 aliphatic heterocycles. The highest BCUT2D eigenvalue weighted by molar-refractivity contribution is 5.29. The Bertz CT molecular complexity index is 423. The van der Waals surface area contributed by atoms with Gasteiger partial charge in [0.2, 0.25) is 0 Å². The Morgan fingerprint density at radius 3 is 2.43 bits per heavy atom. The van der Waals surface area contributed by atoms with E-state index in [4.69, 9.17) is 9.47 Å². The van der Waals surface area contributed by atoms with Gasteiger partial charge >= 0.3 is 0 Å². The Hall–Kier alpha value is -1.13. The minimum atomic E-state index is -0.317. The predicted octanol–water partition coefficient (Wildman–Crippen LogP) is 3.42. The van der Waals surface area contributed by atoms with Crippen molar-refractivity contribution in [3.63, 3.8) is 0 Å². The monoisotopic (exact) mass is 297 g/mol. The van der Waals surface area contributed by atoms with Gasteiger partial charge in [0.05, 0.1) is 13.2 Å². The molecule has 1 aromatic rings. The number of nitrogens with one attached hydrogen (secondary N) is 1. The smallest absolute Gasteiger partial charge is 0.165 e. The molecule has 0 aliphatic rings. The van der Waals surface area contributed by atoms with Gasteiger partial charge in [-0.1, -0.05) is 26.8 Å². The van der Waals surface area contributed by atoms with E-state index in [0.29, 0.717) is 12.5 Å². The van der Waals surface area contributed by atoms with Crippen molar-refractivity contribution in [1.29, 1.82) is 0 Å². The molecule has 1 N–H and O–H groups in total. The van der Waals surface area contributed by atoms with E-state index in [-0.39, 0.29) is 23.7 Å². The standard InChI is InChI=1S/C17H28FNO2/c1-6-19-15(17(12(3)4)21-7-2)11-13-8-9-16(20-5)14(18)10-13/h8-10,12,15,17,19H,6-7,11H2,1-5H3. The van der Waals surface area contributed by atoms with E-state index >= 15 is 0 Å². The Morgan fingerprint density at radius 1 is 1.24 bits per heavy atom. The molecule has 21 heavy (non-hydrogen) atoms.